The largest absolute Gasteiger partial charge is 0.346 e. The van der Waals surface area contributed by atoms with Gasteiger partial charge in [-0.1, -0.05) is 20.3 Å². The highest BCUT2D eigenvalue weighted by Crippen LogP contribution is 2.00. The molecule has 0 radical (unpaired) electrons. The average Bonchev–Trinajstić information content (AvgIpc) is 2.72. The van der Waals surface area contributed by atoms with Crippen molar-refractivity contribution >= 4 is 0 Å². The Morgan fingerprint density at radius 3 is 1.00 bits per heavy atom. The summed E-state index contributed by atoms with van der Waals surface area (Å²) >= 11 is 0. The normalized spacial score (nSPS) is 9.26. The van der Waals surface area contributed by atoms with E-state index in [0.717, 1.165) is 23.0 Å². The predicted octanol–water partition coefficient (Wildman–Crippen LogP) is 4.09. The molecule has 2 rings (SSSR count). The second kappa shape index (κ2) is 8.51. The molecule has 0 amide bonds. The Bertz CT molecular complexity index is 397. The summed E-state index contributed by atoms with van der Waals surface area (Å²) in [6.45, 7) is 16.2. The zero-order chi connectivity index (χ0) is 15.0. The first-order valence-electron chi connectivity index (χ1n) is 6.81. The first-order chi connectivity index (χ1) is 8.81. The number of aromatic nitrogens is 4. The van der Waals surface area contributed by atoms with Crippen molar-refractivity contribution in [1.29, 1.82) is 0 Å². The van der Waals surface area contributed by atoms with Crippen molar-refractivity contribution in [2.24, 2.45) is 0 Å². The molecule has 19 heavy (non-hydrogen) atoms. The summed E-state index contributed by atoms with van der Waals surface area (Å²) in [5.41, 5.74) is 4.54. The van der Waals surface area contributed by atoms with Crippen molar-refractivity contribution in [2.45, 2.75) is 61.8 Å². The van der Waals surface area contributed by atoms with Gasteiger partial charge in [0.15, 0.2) is 0 Å². The summed E-state index contributed by atoms with van der Waals surface area (Å²) in [5, 5.41) is 0. The Labute approximate surface area is 117 Å². The lowest BCUT2D eigenvalue weighted by atomic mass is 10.4. The zero-order valence-corrected chi connectivity index (χ0v) is 13.6. The van der Waals surface area contributed by atoms with Crippen molar-refractivity contribution in [1.82, 2.24) is 19.9 Å². The van der Waals surface area contributed by atoms with Crippen LogP contribution in [0.25, 0.3) is 0 Å². The van der Waals surface area contributed by atoms with E-state index in [-0.39, 0.29) is 0 Å². The van der Waals surface area contributed by atoms with Crippen LogP contribution in [0.5, 0.6) is 0 Å². The first kappa shape index (κ1) is 17.4. The molecule has 0 aliphatic heterocycles. The van der Waals surface area contributed by atoms with Crippen LogP contribution in [0.3, 0.4) is 0 Å². The number of aromatic amines is 2. The molecule has 2 heterocycles. The average molecular weight is 264 g/mol. The second-order valence-corrected chi connectivity index (χ2v) is 4.77. The second-order valence-electron chi connectivity index (χ2n) is 4.77. The van der Waals surface area contributed by atoms with Crippen LogP contribution in [-0.2, 0) is 0 Å². The number of hydrogen-bond donors (Lipinski definition) is 2. The third kappa shape index (κ3) is 6.79. The third-order valence-electron chi connectivity index (χ3n) is 2.49. The number of rotatable bonds is 0. The maximum absolute atomic E-state index is 4.16. The predicted molar refractivity (Wildman–Crippen MR) is 81.6 cm³/mol. The summed E-state index contributed by atoms with van der Waals surface area (Å²) in [6, 6.07) is 0. The fraction of sp³-hybridized carbons (Fsp3) is 0.600. The molecule has 0 fully saturated rings. The minimum absolute atomic E-state index is 1.00. The molecule has 0 saturated carbocycles. The third-order valence-corrected chi connectivity index (χ3v) is 2.49. The van der Waals surface area contributed by atoms with Crippen molar-refractivity contribution in [3.8, 4) is 0 Å². The Morgan fingerprint density at radius 2 is 0.947 bits per heavy atom. The summed E-state index contributed by atoms with van der Waals surface area (Å²) in [7, 11) is 0. The van der Waals surface area contributed by atoms with Crippen LogP contribution in [0, 0.1) is 41.5 Å². The molecule has 0 aromatic carbocycles. The van der Waals surface area contributed by atoms with E-state index in [1.54, 1.807) is 0 Å². The Balaban J connectivity index is 0.000000284. The number of hydrogen-bond acceptors (Lipinski definition) is 2. The van der Waals surface area contributed by atoms with Gasteiger partial charge >= 0.3 is 0 Å². The van der Waals surface area contributed by atoms with Gasteiger partial charge in [-0.05, 0) is 41.5 Å². The number of aryl methyl sites for hydroxylation is 6. The van der Waals surface area contributed by atoms with Crippen LogP contribution >= 0.6 is 0 Å². The lowest BCUT2D eigenvalue weighted by Crippen LogP contribution is -1.71. The minimum Gasteiger partial charge on any atom is -0.346 e. The van der Waals surface area contributed by atoms with Gasteiger partial charge in [0.05, 0.1) is 11.4 Å². The van der Waals surface area contributed by atoms with Gasteiger partial charge in [-0.15, -0.1) is 0 Å². The first-order valence-corrected chi connectivity index (χ1v) is 6.81. The molecule has 2 N–H and O–H groups in total. The molecule has 0 aliphatic rings. The van der Waals surface area contributed by atoms with Crippen LogP contribution in [0.4, 0.5) is 0 Å². The smallest absolute Gasteiger partial charge is 0.103 e. The highest BCUT2D eigenvalue weighted by atomic mass is 14.9. The van der Waals surface area contributed by atoms with Crippen molar-refractivity contribution < 1.29 is 0 Å². The summed E-state index contributed by atoms with van der Waals surface area (Å²) in [4.78, 5) is 14.5. The van der Waals surface area contributed by atoms with Crippen LogP contribution in [0.2, 0.25) is 0 Å². The van der Waals surface area contributed by atoms with E-state index in [2.05, 4.69) is 33.8 Å². The van der Waals surface area contributed by atoms with Gasteiger partial charge in [0.2, 0.25) is 0 Å². The molecule has 2 aromatic rings. The lowest BCUT2D eigenvalue weighted by Gasteiger charge is -1.79. The molecule has 4 nitrogen and oxygen atoms in total. The molecular formula is C15H28N4. The molecule has 4 heteroatoms. The van der Waals surface area contributed by atoms with E-state index in [1.165, 1.54) is 17.8 Å². The van der Waals surface area contributed by atoms with Gasteiger partial charge in [-0.3, -0.25) is 0 Å². The van der Waals surface area contributed by atoms with Crippen molar-refractivity contribution in [3.05, 3.63) is 34.4 Å². The van der Waals surface area contributed by atoms with Gasteiger partial charge in [0.25, 0.3) is 0 Å². The van der Waals surface area contributed by atoms with Crippen molar-refractivity contribution in [3.63, 3.8) is 0 Å². The van der Waals surface area contributed by atoms with Crippen LogP contribution in [0.15, 0.2) is 0 Å². The molecule has 0 unspecified atom stereocenters. The Kier molecular flexibility index (Phi) is 7.80. The quantitative estimate of drug-likeness (QED) is 0.753. The van der Waals surface area contributed by atoms with Gasteiger partial charge in [-0.2, -0.15) is 0 Å². The van der Waals surface area contributed by atoms with E-state index in [0.29, 0.717) is 0 Å². The van der Waals surface area contributed by atoms with Crippen LogP contribution < -0.4 is 0 Å². The zero-order valence-electron chi connectivity index (χ0n) is 13.6. The minimum atomic E-state index is 1.00. The van der Waals surface area contributed by atoms with Crippen molar-refractivity contribution in [2.75, 3.05) is 0 Å². The van der Waals surface area contributed by atoms with E-state index < -0.39 is 0 Å². The number of nitrogens with zero attached hydrogens (tertiary/aromatic N) is 2. The Hall–Kier alpha value is -1.58. The summed E-state index contributed by atoms with van der Waals surface area (Å²) < 4.78 is 0. The van der Waals surface area contributed by atoms with Crippen LogP contribution in [0.1, 0.15) is 54.7 Å². The topological polar surface area (TPSA) is 57.4 Å². The molecule has 108 valence electrons. The van der Waals surface area contributed by atoms with Crippen LogP contribution in [-0.4, -0.2) is 19.9 Å². The Morgan fingerprint density at radius 1 is 0.684 bits per heavy atom. The standard InChI is InChI=1S/2C6H10N2.C3H8/c2*1-4-5(2)8-6(3)7-4;1-3-2/h2*1-3H3,(H,7,8);3H2,1-2H3. The molecule has 0 aliphatic carbocycles. The fourth-order valence-corrected chi connectivity index (χ4v) is 1.45. The van der Waals surface area contributed by atoms with E-state index in [9.17, 15) is 0 Å². The molecule has 0 bridgehead atoms. The molecule has 2 aromatic heterocycles. The number of H-pyrrole nitrogens is 2. The lowest BCUT2D eigenvalue weighted by molar-refractivity contribution is 1.09. The van der Waals surface area contributed by atoms with Gasteiger partial charge < -0.3 is 9.97 Å². The van der Waals surface area contributed by atoms with E-state index in [1.807, 2.05) is 41.5 Å². The molecule has 0 spiro atoms. The van der Waals surface area contributed by atoms with Gasteiger partial charge in [0, 0.05) is 11.4 Å². The van der Waals surface area contributed by atoms with E-state index >= 15 is 0 Å². The highest BCUT2D eigenvalue weighted by Gasteiger charge is 1.94. The van der Waals surface area contributed by atoms with Gasteiger partial charge in [0.1, 0.15) is 11.6 Å². The van der Waals surface area contributed by atoms with Gasteiger partial charge in [-0.25, -0.2) is 9.97 Å². The highest BCUT2D eigenvalue weighted by molar-refractivity contribution is 5.09. The summed E-state index contributed by atoms with van der Waals surface area (Å²) in [6.07, 6.45) is 1.25. The summed E-state index contributed by atoms with van der Waals surface area (Å²) in [5.74, 6) is 2.00. The molecule has 0 saturated heterocycles. The maximum Gasteiger partial charge on any atom is 0.103 e. The maximum atomic E-state index is 4.16. The number of nitrogens with one attached hydrogen (secondary N) is 2. The SMILES string of the molecule is CCC.Cc1nc(C)c(C)[nH]1.Cc1nc(C)c(C)[nH]1. The fourth-order valence-electron chi connectivity index (χ4n) is 1.45. The molecule has 0 atom stereocenters. The molecular weight excluding hydrogens is 236 g/mol. The monoisotopic (exact) mass is 264 g/mol. The van der Waals surface area contributed by atoms with E-state index in [4.69, 9.17) is 0 Å². The number of imidazole rings is 2.